The summed E-state index contributed by atoms with van der Waals surface area (Å²) in [6.45, 7) is 6.83. The van der Waals surface area contributed by atoms with Gasteiger partial charge in [-0.1, -0.05) is 51.1 Å². The average molecular weight is 240 g/mol. The molecule has 0 aromatic heterocycles. The molecule has 0 radical (unpaired) electrons. The number of alkyl halides is 1. The third-order valence-electron chi connectivity index (χ3n) is 2.12. The second-order valence-corrected chi connectivity index (χ2v) is 5.49. The maximum absolute atomic E-state index is 11.7. The monoisotopic (exact) mass is 239 g/mol. The minimum absolute atomic E-state index is 0.0724. The van der Waals surface area contributed by atoms with Crippen LogP contribution in [0.25, 0.3) is 0 Å². The van der Waals surface area contributed by atoms with E-state index in [1.807, 2.05) is 30.3 Å². The van der Waals surface area contributed by atoms with Crippen LogP contribution in [0, 0.1) is 5.41 Å². The number of amides is 1. The fourth-order valence-electron chi connectivity index (χ4n) is 1.22. The molecule has 1 rings (SSSR count). The first kappa shape index (κ1) is 13.0. The lowest BCUT2D eigenvalue weighted by molar-refractivity contribution is -0.121. The Kier molecular flexibility index (Phi) is 4.36. The smallest absolute Gasteiger partial charge is 0.242 e. The summed E-state index contributed by atoms with van der Waals surface area (Å²) in [7, 11) is 0. The van der Waals surface area contributed by atoms with Gasteiger partial charge in [0.05, 0.1) is 0 Å². The van der Waals surface area contributed by atoms with E-state index in [1.54, 1.807) is 0 Å². The predicted octanol–water partition coefficient (Wildman–Crippen LogP) is 3.13. The van der Waals surface area contributed by atoms with E-state index in [9.17, 15) is 4.79 Å². The Hall–Kier alpha value is -1.02. The van der Waals surface area contributed by atoms with Crippen LogP contribution in [0.3, 0.4) is 0 Å². The number of rotatable bonds is 3. The summed E-state index contributed by atoms with van der Waals surface area (Å²) in [6, 6.07) is 9.37. The van der Waals surface area contributed by atoms with Crippen LogP contribution in [-0.4, -0.2) is 12.5 Å². The first-order valence-electron chi connectivity index (χ1n) is 5.37. The fourth-order valence-corrected chi connectivity index (χ4v) is 1.44. The Morgan fingerprint density at radius 3 is 2.38 bits per heavy atom. The molecular formula is C13H18ClNO. The van der Waals surface area contributed by atoms with Crippen LogP contribution in [-0.2, 0) is 4.79 Å². The molecular weight excluding hydrogens is 222 g/mol. The lowest BCUT2D eigenvalue weighted by atomic mass is 9.97. The van der Waals surface area contributed by atoms with E-state index in [1.165, 1.54) is 0 Å². The van der Waals surface area contributed by atoms with E-state index >= 15 is 0 Å². The van der Waals surface area contributed by atoms with Crippen LogP contribution in [0.2, 0.25) is 0 Å². The Morgan fingerprint density at radius 1 is 1.31 bits per heavy atom. The minimum Gasteiger partial charge on any atom is -0.354 e. The lowest BCUT2D eigenvalue weighted by Gasteiger charge is -2.20. The van der Waals surface area contributed by atoms with E-state index in [4.69, 9.17) is 11.6 Å². The van der Waals surface area contributed by atoms with Crippen LogP contribution in [0.15, 0.2) is 30.3 Å². The lowest BCUT2D eigenvalue weighted by Crippen LogP contribution is -2.34. The number of carbonyl (C=O) groups excluding carboxylic acids is 1. The highest BCUT2D eigenvalue weighted by atomic mass is 35.5. The number of nitrogens with one attached hydrogen (secondary N) is 1. The van der Waals surface area contributed by atoms with Gasteiger partial charge in [-0.15, -0.1) is 11.6 Å². The Balaban J connectivity index is 2.55. The molecule has 1 amide bonds. The van der Waals surface area contributed by atoms with Gasteiger partial charge >= 0.3 is 0 Å². The molecule has 2 nitrogen and oxygen atoms in total. The highest BCUT2D eigenvalue weighted by Gasteiger charge is 2.19. The molecule has 0 bridgehead atoms. The summed E-state index contributed by atoms with van der Waals surface area (Å²) in [5, 5.41) is 2.24. The number of hydrogen-bond donors (Lipinski definition) is 1. The zero-order chi connectivity index (χ0) is 12.2. The summed E-state index contributed by atoms with van der Waals surface area (Å²) >= 11 is 6.07. The normalized spacial score (nSPS) is 13.2. The van der Waals surface area contributed by atoms with Crippen molar-refractivity contribution in [2.75, 3.05) is 6.54 Å². The minimum atomic E-state index is -0.608. The second-order valence-electron chi connectivity index (χ2n) is 5.05. The third-order valence-corrected chi connectivity index (χ3v) is 2.57. The van der Waals surface area contributed by atoms with Gasteiger partial charge in [-0.25, -0.2) is 0 Å². The molecule has 1 aromatic carbocycles. The van der Waals surface area contributed by atoms with Crippen molar-refractivity contribution in [3.8, 4) is 0 Å². The highest BCUT2D eigenvalue weighted by molar-refractivity contribution is 6.30. The number of benzene rings is 1. The second kappa shape index (κ2) is 5.35. The van der Waals surface area contributed by atoms with Crippen LogP contribution < -0.4 is 5.32 Å². The third kappa shape index (κ3) is 4.23. The fraction of sp³-hybridized carbons (Fsp3) is 0.462. The molecule has 88 valence electrons. The zero-order valence-electron chi connectivity index (χ0n) is 9.96. The van der Waals surface area contributed by atoms with Gasteiger partial charge in [-0.2, -0.15) is 0 Å². The molecule has 0 aliphatic heterocycles. The first-order valence-corrected chi connectivity index (χ1v) is 5.80. The number of halogens is 1. The van der Waals surface area contributed by atoms with Crippen molar-refractivity contribution < 1.29 is 4.79 Å². The van der Waals surface area contributed by atoms with Crippen LogP contribution in [0.5, 0.6) is 0 Å². The molecule has 0 aliphatic rings. The summed E-state index contributed by atoms with van der Waals surface area (Å²) in [5.41, 5.74) is 0.902. The Morgan fingerprint density at radius 2 is 1.88 bits per heavy atom. The van der Waals surface area contributed by atoms with Gasteiger partial charge in [0.1, 0.15) is 5.38 Å². The van der Waals surface area contributed by atoms with Gasteiger partial charge in [-0.3, -0.25) is 4.79 Å². The zero-order valence-corrected chi connectivity index (χ0v) is 10.7. The van der Waals surface area contributed by atoms with Crippen molar-refractivity contribution in [2.45, 2.75) is 26.1 Å². The van der Waals surface area contributed by atoms with Crippen LogP contribution >= 0.6 is 11.6 Å². The van der Waals surface area contributed by atoms with Crippen molar-refractivity contribution in [1.29, 1.82) is 0 Å². The topological polar surface area (TPSA) is 29.1 Å². The van der Waals surface area contributed by atoms with Crippen molar-refractivity contribution in [1.82, 2.24) is 5.32 Å². The molecule has 0 fully saturated rings. The van der Waals surface area contributed by atoms with Crippen molar-refractivity contribution >= 4 is 17.5 Å². The summed E-state index contributed by atoms with van der Waals surface area (Å²) < 4.78 is 0. The Bertz CT molecular complexity index is 343. The molecule has 16 heavy (non-hydrogen) atoms. The maximum Gasteiger partial charge on any atom is 0.242 e. The van der Waals surface area contributed by atoms with Gasteiger partial charge in [0.25, 0.3) is 0 Å². The van der Waals surface area contributed by atoms with E-state index in [2.05, 4.69) is 26.1 Å². The van der Waals surface area contributed by atoms with Crippen molar-refractivity contribution in [2.24, 2.45) is 5.41 Å². The molecule has 1 N–H and O–H groups in total. The van der Waals surface area contributed by atoms with Gasteiger partial charge < -0.3 is 5.32 Å². The summed E-state index contributed by atoms with van der Waals surface area (Å²) in [5.74, 6) is -0.136. The van der Waals surface area contributed by atoms with Gasteiger partial charge in [0, 0.05) is 6.54 Å². The molecule has 0 spiro atoms. The van der Waals surface area contributed by atoms with E-state index in [0.717, 1.165) is 5.56 Å². The molecule has 0 heterocycles. The van der Waals surface area contributed by atoms with E-state index < -0.39 is 5.38 Å². The van der Waals surface area contributed by atoms with Gasteiger partial charge in [0.2, 0.25) is 5.91 Å². The molecule has 0 saturated heterocycles. The molecule has 0 saturated carbocycles. The number of hydrogen-bond acceptors (Lipinski definition) is 1. The summed E-state index contributed by atoms with van der Waals surface area (Å²) in [4.78, 5) is 11.7. The quantitative estimate of drug-likeness (QED) is 0.807. The maximum atomic E-state index is 11.7. The molecule has 0 aliphatic carbocycles. The van der Waals surface area contributed by atoms with E-state index in [0.29, 0.717) is 6.54 Å². The van der Waals surface area contributed by atoms with Gasteiger partial charge in [0.15, 0.2) is 0 Å². The van der Waals surface area contributed by atoms with Gasteiger partial charge in [-0.05, 0) is 11.0 Å². The van der Waals surface area contributed by atoms with Crippen molar-refractivity contribution in [3.63, 3.8) is 0 Å². The van der Waals surface area contributed by atoms with E-state index in [-0.39, 0.29) is 11.3 Å². The largest absolute Gasteiger partial charge is 0.354 e. The predicted molar refractivity (Wildman–Crippen MR) is 67.5 cm³/mol. The van der Waals surface area contributed by atoms with Crippen LogP contribution in [0.4, 0.5) is 0 Å². The highest BCUT2D eigenvalue weighted by Crippen LogP contribution is 2.20. The van der Waals surface area contributed by atoms with Crippen molar-refractivity contribution in [3.05, 3.63) is 35.9 Å². The standard InChI is InChI=1S/C13H18ClNO/c1-13(2,3)9-15-12(16)11(14)10-7-5-4-6-8-10/h4-8,11H,9H2,1-3H3,(H,15,16). The molecule has 1 unspecified atom stereocenters. The molecule has 1 aromatic rings. The molecule has 3 heteroatoms. The Labute approximate surface area is 102 Å². The average Bonchev–Trinajstić information content (AvgIpc) is 2.25. The SMILES string of the molecule is CC(C)(C)CNC(=O)C(Cl)c1ccccc1. The summed E-state index contributed by atoms with van der Waals surface area (Å²) in [6.07, 6.45) is 0. The number of carbonyl (C=O) groups is 1. The first-order chi connectivity index (χ1) is 7.40. The molecule has 1 atom stereocenters. The van der Waals surface area contributed by atoms with Crippen LogP contribution in [0.1, 0.15) is 31.7 Å².